The molecule has 1 unspecified atom stereocenters. The highest BCUT2D eigenvalue weighted by molar-refractivity contribution is 7.88. The van der Waals surface area contributed by atoms with Gasteiger partial charge in [-0.3, -0.25) is 20.4 Å². The number of sulfonamides is 1. The van der Waals surface area contributed by atoms with E-state index in [0.29, 0.717) is 12.0 Å². The molecule has 0 spiro atoms. The first-order valence-electron chi connectivity index (χ1n) is 12.9. The molecule has 0 saturated heterocycles. The van der Waals surface area contributed by atoms with Crippen molar-refractivity contribution in [3.8, 4) is 0 Å². The lowest BCUT2D eigenvalue weighted by atomic mass is 9.98. The van der Waals surface area contributed by atoms with E-state index < -0.39 is 51.6 Å². The Kier molecular flexibility index (Phi) is 12.0. The van der Waals surface area contributed by atoms with Crippen LogP contribution in [0.4, 0.5) is 0 Å². The zero-order valence-electron chi connectivity index (χ0n) is 22.9. The van der Waals surface area contributed by atoms with Gasteiger partial charge in [0.15, 0.2) is 0 Å². The molecular formula is C27H37N7O6S. The number of amides is 2. The number of amidine groups is 2. The fourth-order valence-corrected chi connectivity index (χ4v) is 5.29. The van der Waals surface area contributed by atoms with Gasteiger partial charge < -0.3 is 27.2 Å². The fourth-order valence-electron chi connectivity index (χ4n) is 3.86. The highest BCUT2D eigenvalue weighted by Crippen LogP contribution is 2.14. The Bertz CT molecular complexity index is 1380. The number of hydrogen-bond donors (Lipinski definition) is 8. The van der Waals surface area contributed by atoms with Gasteiger partial charge in [-0.25, -0.2) is 17.9 Å². The van der Waals surface area contributed by atoms with Crippen LogP contribution in [0.5, 0.6) is 0 Å². The second kappa shape index (κ2) is 14.9. The van der Waals surface area contributed by atoms with E-state index >= 15 is 0 Å². The van der Waals surface area contributed by atoms with Gasteiger partial charge in [0.25, 0.3) is 0 Å². The van der Waals surface area contributed by atoms with Crippen molar-refractivity contribution < 1.29 is 27.9 Å². The zero-order chi connectivity index (χ0) is 30.7. The third-order valence-electron chi connectivity index (χ3n) is 6.40. The van der Waals surface area contributed by atoms with E-state index in [1.807, 2.05) is 0 Å². The van der Waals surface area contributed by atoms with Crippen LogP contribution in [-0.2, 0) is 31.9 Å². The van der Waals surface area contributed by atoms with Crippen LogP contribution in [0.2, 0.25) is 0 Å². The van der Waals surface area contributed by atoms with Gasteiger partial charge in [0, 0.05) is 18.5 Å². The monoisotopic (exact) mass is 587 g/mol. The van der Waals surface area contributed by atoms with Crippen LogP contribution >= 0.6 is 0 Å². The van der Waals surface area contributed by atoms with Gasteiger partial charge in [-0.05, 0) is 35.6 Å². The Hall–Kier alpha value is -4.30. The minimum atomic E-state index is -4.10. The van der Waals surface area contributed by atoms with E-state index in [9.17, 15) is 27.9 Å². The summed E-state index contributed by atoms with van der Waals surface area (Å²) in [4.78, 5) is 37.6. The summed E-state index contributed by atoms with van der Waals surface area (Å²) in [6, 6.07) is 9.83. The summed E-state index contributed by atoms with van der Waals surface area (Å²) in [6.07, 6.45) is 0.471. The Labute approximate surface area is 239 Å². The summed E-state index contributed by atoms with van der Waals surface area (Å²) in [6.45, 7) is 3.58. The molecule has 0 aromatic heterocycles. The number of carbonyl (C=O) groups excluding carboxylic acids is 2. The van der Waals surface area contributed by atoms with Gasteiger partial charge >= 0.3 is 5.97 Å². The first-order chi connectivity index (χ1) is 19.2. The molecule has 2 aromatic rings. The number of benzene rings is 2. The van der Waals surface area contributed by atoms with Crippen molar-refractivity contribution in [3.05, 3.63) is 70.8 Å². The van der Waals surface area contributed by atoms with Gasteiger partial charge in [-0.1, -0.05) is 56.7 Å². The molecule has 3 atom stereocenters. The van der Waals surface area contributed by atoms with Gasteiger partial charge in [-0.2, -0.15) is 0 Å². The maximum absolute atomic E-state index is 13.3. The number of nitrogens with one attached hydrogen (secondary N) is 5. The summed E-state index contributed by atoms with van der Waals surface area (Å²) < 4.78 is 28.4. The number of hydrogen-bond acceptors (Lipinski definition) is 7. The van der Waals surface area contributed by atoms with Crippen molar-refractivity contribution in [2.75, 3.05) is 0 Å². The van der Waals surface area contributed by atoms with Crippen LogP contribution in [0.15, 0.2) is 48.5 Å². The number of rotatable bonds is 16. The van der Waals surface area contributed by atoms with Crippen molar-refractivity contribution in [3.63, 3.8) is 0 Å². The summed E-state index contributed by atoms with van der Waals surface area (Å²) in [5.41, 5.74) is 12.3. The van der Waals surface area contributed by atoms with Crippen molar-refractivity contribution in [1.29, 1.82) is 10.8 Å². The fraction of sp³-hybridized carbons (Fsp3) is 0.370. The minimum Gasteiger partial charge on any atom is -0.478 e. The third kappa shape index (κ3) is 10.7. The van der Waals surface area contributed by atoms with E-state index in [4.69, 9.17) is 22.3 Å². The lowest BCUT2D eigenvalue weighted by Crippen LogP contribution is -2.55. The lowest BCUT2D eigenvalue weighted by molar-refractivity contribution is -0.130. The Morgan fingerprint density at radius 1 is 0.976 bits per heavy atom. The predicted octanol–water partition coefficient (Wildman–Crippen LogP) is 1.02. The highest BCUT2D eigenvalue weighted by atomic mass is 32.2. The number of nitrogen functional groups attached to an aromatic ring is 1. The molecule has 14 heteroatoms. The molecule has 0 heterocycles. The van der Waals surface area contributed by atoms with Crippen LogP contribution in [-0.4, -0.2) is 55.1 Å². The average molecular weight is 588 g/mol. The number of carbonyl (C=O) groups is 3. The van der Waals surface area contributed by atoms with Gasteiger partial charge in [-0.15, -0.1) is 0 Å². The average Bonchev–Trinajstić information content (AvgIpc) is 2.92. The van der Waals surface area contributed by atoms with Crippen molar-refractivity contribution >= 4 is 39.5 Å². The summed E-state index contributed by atoms with van der Waals surface area (Å²) in [5.74, 6) is -3.75. The normalized spacial score (nSPS) is 13.4. The molecule has 2 rings (SSSR count). The van der Waals surface area contributed by atoms with E-state index in [1.165, 1.54) is 24.3 Å². The number of carboxylic acids is 1. The second-order valence-electron chi connectivity index (χ2n) is 9.70. The van der Waals surface area contributed by atoms with Crippen LogP contribution in [0.3, 0.4) is 0 Å². The molecular weight excluding hydrogens is 550 g/mol. The lowest BCUT2D eigenvalue weighted by Gasteiger charge is -2.26. The minimum absolute atomic E-state index is 0.0120. The SMILES string of the molecule is CCC(C)[C@@H](NS(=O)(=O)Cc1cccc(C(=O)O)c1)C(=O)N[C@@H](CCC(=N)N)C(=O)NCc1ccc(C(=N)N)cc1. The van der Waals surface area contributed by atoms with Crippen LogP contribution in [0.1, 0.15) is 60.2 Å². The van der Waals surface area contributed by atoms with Crippen LogP contribution in [0, 0.1) is 16.7 Å². The number of aromatic carboxylic acids is 1. The summed E-state index contributed by atoms with van der Waals surface area (Å²) in [5, 5.41) is 29.5. The maximum atomic E-state index is 13.3. The summed E-state index contributed by atoms with van der Waals surface area (Å²) >= 11 is 0. The highest BCUT2D eigenvalue weighted by Gasteiger charge is 2.32. The number of nitrogens with two attached hydrogens (primary N) is 2. The molecule has 0 aliphatic rings. The molecule has 13 nitrogen and oxygen atoms in total. The van der Waals surface area contributed by atoms with Gasteiger partial charge in [0.05, 0.1) is 17.2 Å². The van der Waals surface area contributed by atoms with E-state index in [2.05, 4.69) is 15.4 Å². The van der Waals surface area contributed by atoms with Crippen molar-refractivity contribution in [2.24, 2.45) is 17.4 Å². The summed E-state index contributed by atoms with van der Waals surface area (Å²) in [7, 11) is -4.10. The Balaban J connectivity index is 2.17. The first kappa shape index (κ1) is 32.9. The smallest absolute Gasteiger partial charge is 0.335 e. The Morgan fingerprint density at radius 3 is 2.20 bits per heavy atom. The molecule has 0 fully saturated rings. The van der Waals surface area contributed by atoms with E-state index in [1.54, 1.807) is 38.1 Å². The largest absolute Gasteiger partial charge is 0.478 e. The number of carboxylic acid groups (broad SMARTS) is 1. The quantitative estimate of drug-likeness (QED) is 0.104. The maximum Gasteiger partial charge on any atom is 0.335 e. The molecule has 0 saturated carbocycles. The standard InChI is InChI=1S/C27H37N7O6S/c1-3-16(2)23(34-41(39,40)15-18-5-4-6-20(13-18)27(37)38)26(36)33-21(11-12-22(28)29)25(35)32-14-17-7-9-19(10-8-17)24(30)31/h4-10,13,16,21,23,34H,3,11-12,14-15H2,1-2H3,(H3,28,29)(H3,30,31)(H,32,35)(H,33,36)(H,37,38)/t16?,21-,23+/m0/s1. The molecule has 0 aliphatic carbocycles. The molecule has 222 valence electrons. The molecule has 0 bridgehead atoms. The third-order valence-corrected chi connectivity index (χ3v) is 7.73. The predicted molar refractivity (Wildman–Crippen MR) is 155 cm³/mol. The van der Waals surface area contributed by atoms with E-state index in [0.717, 1.165) is 5.56 Å². The second-order valence-corrected chi connectivity index (χ2v) is 11.5. The van der Waals surface area contributed by atoms with Crippen molar-refractivity contribution in [2.45, 2.75) is 57.5 Å². The van der Waals surface area contributed by atoms with Crippen LogP contribution in [0.25, 0.3) is 0 Å². The first-order valence-corrected chi connectivity index (χ1v) is 14.5. The molecule has 10 N–H and O–H groups in total. The van der Waals surface area contributed by atoms with E-state index in [-0.39, 0.29) is 42.2 Å². The topological polar surface area (TPSA) is 241 Å². The van der Waals surface area contributed by atoms with Gasteiger partial charge in [0.1, 0.15) is 17.9 Å². The Morgan fingerprint density at radius 2 is 1.63 bits per heavy atom. The molecule has 2 amide bonds. The molecule has 41 heavy (non-hydrogen) atoms. The van der Waals surface area contributed by atoms with Crippen LogP contribution < -0.4 is 26.8 Å². The molecule has 0 radical (unpaired) electrons. The molecule has 0 aliphatic heterocycles. The molecule has 2 aromatic carbocycles. The van der Waals surface area contributed by atoms with Crippen molar-refractivity contribution in [1.82, 2.24) is 15.4 Å². The zero-order valence-corrected chi connectivity index (χ0v) is 23.8. The van der Waals surface area contributed by atoms with Gasteiger partial charge in [0.2, 0.25) is 21.8 Å².